The van der Waals surface area contributed by atoms with Crippen LogP contribution in [0.25, 0.3) is 0 Å². The van der Waals surface area contributed by atoms with Gasteiger partial charge in [-0.05, 0) is 52.3 Å². The van der Waals surface area contributed by atoms with Crippen molar-refractivity contribution in [2.45, 2.75) is 38.9 Å². The molecule has 1 saturated heterocycles. The van der Waals surface area contributed by atoms with Gasteiger partial charge in [0.05, 0.1) is 11.4 Å². The standard InChI is InChI=1S/C23H26N6O2S/c30-22(28-10-3-7-19(14-28)23(31)20-8-4-12-32-20)16-29-21(24-25-26-29)15-27-11-9-17-5-1-2-6-18(17)13-27/h1-2,4-6,8,12,19H,3,7,9-11,13-16H2. The molecule has 3 aromatic rings. The smallest absolute Gasteiger partial charge is 0.244 e. The SMILES string of the molecule is O=C(c1cccs1)C1CCCN(C(=O)Cn2nnnc2CN2CCc3ccccc3C2)C1. The lowest BCUT2D eigenvalue weighted by Crippen LogP contribution is -2.44. The number of ketones is 1. The van der Waals surface area contributed by atoms with Crippen LogP contribution in [-0.2, 0) is 30.8 Å². The van der Waals surface area contributed by atoms with Crippen LogP contribution in [0.15, 0.2) is 41.8 Å². The lowest BCUT2D eigenvalue weighted by molar-refractivity contribution is -0.133. The third kappa shape index (κ3) is 4.49. The molecule has 0 aliphatic carbocycles. The molecular formula is C23H26N6O2S. The number of carbonyl (C=O) groups is 2. The van der Waals surface area contributed by atoms with Gasteiger partial charge in [-0.15, -0.1) is 16.4 Å². The summed E-state index contributed by atoms with van der Waals surface area (Å²) in [6.45, 7) is 3.65. The van der Waals surface area contributed by atoms with E-state index < -0.39 is 0 Å². The number of piperidine rings is 1. The molecular weight excluding hydrogens is 424 g/mol. The zero-order valence-electron chi connectivity index (χ0n) is 17.9. The largest absolute Gasteiger partial charge is 0.340 e. The molecule has 0 bridgehead atoms. The predicted octanol–water partition coefficient (Wildman–Crippen LogP) is 2.41. The number of Topliss-reactive ketones (excluding diaryl/α,β-unsaturated/α-hetero) is 1. The van der Waals surface area contributed by atoms with Gasteiger partial charge in [0.1, 0.15) is 6.54 Å². The Hall–Kier alpha value is -2.91. The first-order chi connectivity index (χ1) is 15.7. The average molecular weight is 451 g/mol. The van der Waals surface area contributed by atoms with E-state index in [4.69, 9.17) is 0 Å². The highest BCUT2D eigenvalue weighted by molar-refractivity contribution is 7.12. The molecule has 1 atom stereocenters. The number of rotatable bonds is 6. The fourth-order valence-electron chi connectivity index (χ4n) is 4.61. The summed E-state index contributed by atoms with van der Waals surface area (Å²) in [5.74, 6) is 0.672. The normalized spacial score (nSPS) is 19.0. The second-order valence-corrected chi connectivity index (χ2v) is 9.45. The van der Waals surface area contributed by atoms with Gasteiger partial charge in [0.15, 0.2) is 11.6 Å². The van der Waals surface area contributed by atoms with Crippen LogP contribution >= 0.6 is 11.3 Å². The Morgan fingerprint density at radius 2 is 1.97 bits per heavy atom. The Labute approximate surface area is 190 Å². The Kier molecular flexibility index (Phi) is 6.09. The molecule has 4 heterocycles. The number of likely N-dealkylation sites (tertiary alicyclic amines) is 1. The molecule has 166 valence electrons. The first kappa shape index (κ1) is 21.0. The van der Waals surface area contributed by atoms with Gasteiger partial charge in [0.25, 0.3) is 0 Å². The fourth-order valence-corrected chi connectivity index (χ4v) is 5.36. The molecule has 1 unspecified atom stereocenters. The minimum atomic E-state index is -0.131. The number of tetrazole rings is 1. The van der Waals surface area contributed by atoms with Crippen molar-refractivity contribution in [1.29, 1.82) is 0 Å². The van der Waals surface area contributed by atoms with Crippen molar-refractivity contribution in [2.75, 3.05) is 19.6 Å². The van der Waals surface area contributed by atoms with E-state index in [1.54, 1.807) is 9.58 Å². The van der Waals surface area contributed by atoms with Crippen molar-refractivity contribution >= 4 is 23.0 Å². The zero-order valence-corrected chi connectivity index (χ0v) is 18.7. The van der Waals surface area contributed by atoms with E-state index >= 15 is 0 Å². The minimum Gasteiger partial charge on any atom is -0.340 e. The van der Waals surface area contributed by atoms with Crippen LogP contribution in [0, 0.1) is 5.92 Å². The maximum Gasteiger partial charge on any atom is 0.244 e. The Morgan fingerprint density at radius 3 is 2.81 bits per heavy atom. The van der Waals surface area contributed by atoms with E-state index in [0.29, 0.717) is 25.5 Å². The van der Waals surface area contributed by atoms with Gasteiger partial charge in [-0.1, -0.05) is 30.3 Å². The third-order valence-corrected chi connectivity index (χ3v) is 7.26. The van der Waals surface area contributed by atoms with E-state index in [2.05, 4.69) is 44.7 Å². The molecule has 0 radical (unpaired) electrons. The number of hydrogen-bond acceptors (Lipinski definition) is 7. The van der Waals surface area contributed by atoms with Crippen LogP contribution < -0.4 is 0 Å². The van der Waals surface area contributed by atoms with Crippen molar-refractivity contribution < 1.29 is 9.59 Å². The van der Waals surface area contributed by atoms with Crippen molar-refractivity contribution in [3.8, 4) is 0 Å². The van der Waals surface area contributed by atoms with Crippen molar-refractivity contribution in [3.05, 3.63) is 63.6 Å². The van der Waals surface area contributed by atoms with E-state index in [-0.39, 0.29) is 24.2 Å². The summed E-state index contributed by atoms with van der Waals surface area (Å²) in [5.41, 5.74) is 2.74. The van der Waals surface area contributed by atoms with Crippen LogP contribution in [0.1, 0.15) is 39.5 Å². The topological polar surface area (TPSA) is 84.2 Å². The summed E-state index contributed by atoms with van der Waals surface area (Å²) in [6.07, 6.45) is 2.67. The molecule has 8 nitrogen and oxygen atoms in total. The Balaban J connectivity index is 1.20. The van der Waals surface area contributed by atoms with Crippen molar-refractivity contribution in [2.24, 2.45) is 5.92 Å². The summed E-state index contributed by atoms with van der Waals surface area (Å²) < 4.78 is 1.60. The molecule has 2 aliphatic rings. The van der Waals surface area contributed by atoms with E-state index in [0.717, 1.165) is 37.2 Å². The van der Waals surface area contributed by atoms with Gasteiger partial charge in [0, 0.05) is 32.1 Å². The van der Waals surface area contributed by atoms with Gasteiger partial charge in [-0.2, -0.15) is 0 Å². The number of nitrogens with zero attached hydrogens (tertiary/aromatic N) is 6. The molecule has 5 rings (SSSR count). The Morgan fingerprint density at radius 1 is 1.09 bits per heavy atom. The van der Waals surface area contributed by atoms with Gasteiger partial charge < -0.3 is 4.90 Å². The molecule has 1 aromatic carbocycles. The fraction of sp³-hybridized carbons (Fsp3) is 0.435. The number of fused-ring (bicyclic) bond motifs is 1. The third-order valence-electron chi connectivity index (χ3n) is 6.37. The summed E-state index contributed by atoms with van der Waals surface area (Å²) in [6, 6.07) is 12.3. The molecule has 2 aromatic heterocycles. The van der Waals surface area contributed by atoms with E-state index in [1.807, 2.05) is 17.5 Å². The number of benzene rings is 1. The maximum atomic E-state index is 13.0. The van der Waals surface area contributed by atoms with Gasteiger partial charge in [-0.25, -0.2) is 4.68 Å². The molecule has 0 N–H and O–H groups in total. The molecule has 32 heavy (non-hydrogen) atoms. The number of aromatic nitrogens is 4. The highest BCUT2D eigenvalue weighted by Crippen LogP contribution is 2.24. The highest BCUT2D eigenvalue weighted by Gasteiger charge is 2.30. The minimum absolute atomic E-state index is 0.0359. The van der Waals surface area contributed by atoms with Gasteiger partial charge >= 0.3 is 0 Å². The van der Waals surface area contributed by atoms with Gasteiger partial charge in [0.2, 0.25) is 5.91 Å². The molecule has 2 aliphatic heterocycles. The number of carbonyl (C=O) groups excluding carboxylic acids is 2. The first-order valence-corrected chi connectivity index (χ1v) is 11.9. The number of hydrogen-bond donors (Lipinski definition) is 0. The average Bonchev–Trinajstić information content (AvgIpc) is 3.51. The summed E-state index contributed by atoms with van der Waals surface area (Å²) in [7, 11) is 0. The summed E-state index contributed by atoms with van der Waals surface area (Å²) in [4.78, 5) is 30.6. The summed E-state index contributed by atoms with van der Waals surface area (Å²) >= 11 is 1.46. The van der Waals surface area contributed by atoms with Gasteiger partial charge in [-0.3, -0.25) is 14.5 Å². The van der Waals surface area contributed by atoms with E-state index in [9.17, 15) is 9.59 Å². The van der Waals surface area contributed by atoms with Crippen LogP contribution in [0.3, 0.4) is 0 Å². The second-order valence-electron chi connectivity index (χ2n) is 8.50. The molecule has 0 spiro atoms. The monoisotopic (exact) mass is 450 g/mol. The highest BCUT2D eigenvalue weighted by atomic mass is 32.1. The predicted molar refractivity (Wildman–Crippen MR) is 120 cm³/mol. The lowest BCUT2D eigenvalue weighted by atomic mass is 9.93. The number of amides is 1. The van der Waals surface area contributed by atoms with Crippen LogP contribution in [0.4, 0.5) is 0 Å². The molecule has 9 heteroatoms. The molecule has 1 fully saturated rings. The first-order valence-electron chi connectivity index (χ1n) is 11.1. The van der Waals surface area contributed by atoms with Crippen LogP contribution in [0.2, 0.25) is 0 Å². The zero-order chi connectivity index (χ0) is 21.9. The lowest BCUT2D eigenvalue weighted by Gasteiger charge is -2.32. The van der Waals surface area contributed by atoms with Crippen molar-refractivity contribution in [3.63, 3.8) is 0 Å². The van der Waals surface area contributed by atoms with Crippen LogP contribution in [-0.4, -0.2) is 61.3 Å². The maximum absolute atomic E-state index is 13.0. The van der Waals surface area contributed by atoms with Crippen molar-refractivity contribution in [1.82, 2.24) is 30.0 Å². The quantitative estimate of drug-likeness (QED) is 0.537. The number of thiophene rings is 1. The second kappa shape index (κ2) is 9.30. The van der Waals surface area contributed by atoms with E-state index in [1.165, 1.54) is 22.5 Å². The molecule has 0 saturated carbocycles. The summed E-state index contributed by atoms with van der Waals surface area (Å²) in [5, 5.41) is 14.0. The molecule has 1 amide bonds. The Bertz CT molecular complexity index is 1100. The van der Waals surface area contributed by atoms with Crippen LogP contribution in [0.5, 0.6) is 0 Å².